The van der Waals surface area contributed by atoms with Crippen LogP contribution in [0.1, 0.15) is 90.9 Å². The monoisotopic (exact) mass is 370 g/mol. The third-order valence-corrected chi connectivity index (χ3v) is 7.74. The predicted octanol–water partition coefficient (Wildman–Crippen LogP) is 7.23. The third-order valence-electron chi connectivity index (χ3n) is 7.74. The van der Waals surface area contributed by atoms with Gasteiger partial charge in [-0.25, -0.2) is 0 Å². The van der Waals surface area contributed by atoms with Crippen LogP contribution >= 0.6 is 0 Å². The van der Waals surface area contributed by atoms with E-state index >= 15 is 0 Å². The van der Waals surface area contributed by atoms with Crippen LogP contribution < -0.4 is 0 Å². The van der Waals surface area contributed by atoms with Gasteiger partial charge in [-0.2, -0.15) is 0 Å². The molecule has 0 spiro atoms. The van der Waals surface area contributed by atoms with Gasteiger partial charge in [0, 0.05) is 0 Å². The minimum atomic E-state index is -0.511. The Hall–Kier alpha value is -1.28. The van der Waals surface area contributed by atoms with Crippen LogP contribution in [-0.4, -0.2) is 5.11 Å². The van der Waals surface area contributed by atoms with Gasteiger partial charge in [-0.1, -0.05) is 44.4 Å². The van der Waals surface area contributed by atoms with Gasteiger partial charge >= 0.3 is 0 Å². The smallest absolute Gasteiger partial charge is 0.132 e. The van der Waals surface area contributed by atoms with Crippen molar-refractivity contribution in [3.63, 3.8) is 0 Å². The molecule has 2 aliphatic rings. The molecule has 1 N–H and O–H groups in total. The van der Waals surface area contributed by atoms with Crippen molar-refractivity contribution in [2.24, 2.45) is 22.7 Å². The Kier molecular flexibility index (Phi) is 6.05. The Labute approximate surface area is 165 Å². The fourth-order valence-electron chi connectivity index (χ4n) is 5.80. The molecule has 0 amide bonds. The highest BCUT2D eigenvalue weighted by Crippen LogP contribution is 2.60. The van der Waals surface area contributed by atoms with Crippen LogP contribution in [0, 0.1) is 22.7 Å². The minimum absolute atomic E-state index is 0.117. The fraction of sp³-hybridized carbons (Fsp3) is 0.680. The second-order valence-electron chi connectivity index (χ2n) is 9.85. The Morgan fingerprint density at radius 1 is 1.41 bits per heavy atom. The normalized spacial score (nSPS) is 34.6. The summed E-state index contributed by atoms with van der Waals surface area (Å²) in [6.07, 6.45) is 13.1. The molecule has 0 saturated heterocycles. The molecular formula is C25H38O2. The van der Waals surface area contributed by atoms with Crippen LogP contribution in [-0.2, 0) is 0 Å². The SMILES string of the molecule is C=C(C)CCC[C@@]1(C)CCC[C@H]2C1=CC[C@H](C)[C@]2(C)C[C@H](O)c1ccco1. The summed E-state index contributed by atoms with van der Waals surface area (Å²) in [6, 6.07) is 3.77. The quantitative estimate of drug-likeness (QED) is 0.514. The standard InChI is InChI=1S/C25H38O2/c1-18(2)9-6-14-24(4)15-7-10-21-20(24)13-12-19(3)25(21,5)17-22(26)23-11-8-16-27-23/h8,11,13,16,19,21-22,26H,1,6-7,9-10,12,14-15,17H2,2-5H3/t19-,21-,22-,24-,25-/m0/s1. The van der Waals surface area contributed by atoms with E-state index < -0.39 is 6.10 Å². The minimum Gasteiger partial charge on any atom is -0.467 e. The van der Waals surface area contributed by atoms with Crippen molar-refractivity contribution in [3.05, 3.63) is 48.0 Å². The number of hydrogen-bond donors (Lipinski definition) is 1. The molecule has 150 valence electrons. The summed E-state index contributed by atoms with van der Waals surface area (Å²) in [4.78, 5) is 0. The van der Waals surface area contributed by atoms with Crippen LogP contribution in [0.15, 0.2) is 46.6 Å². The maximum atomic E-state index is 10.8. The van der Waals surface area contributed by atoms with Gasteiger partial charge < -0.3 is 9.52 Å². The first-order chi connectivity index (χ1) is 12.8. The topological polar surface area (TPSA) is 33.4 Å². The predicted molar refractivity (Wildman–Crippen MR) is 112 cm³/mol. The summed E-state index contributed by atoms with van der Waals surface area (Å²) >= 11 is 0. The lowest BCUT2D eigenvalue weighted by molar-refractivity contribution is -0.000801. The lowest BCUT2D eigenvalue weighted by atomic mass is 9.50. The Morgan fingerprint density at radius 2 is 2.19 bits per heavy atom. The summed E-state index contributed by atoms with van der Waals surface area (Å²) in [6.45, 7) is 13.5. The number of hydrogen-bond acceptors (Lipinski definition) is 2. The summed E-state index contributed by atoms with van der Waals surface area (Å²) < 4.78 is 5.50. The average Bonchev–Trinajstić information content (AvgIpc) is 3.13. The van der Waals surface area contributed by atoms with E-state index in [0.717, 1.165) is 19.3 Å². The van der Waals surface area contributed by atoms with Crippen LogP contribution in [0.2, 0.25) is 0 Å². The average molecular weight is 371 g/mol. The molecule has 1 saturated carbocycles. The van der Waals surface area contributed by atoms with Crippen LogP contribution in [0.3, 0.4) is 0 Å². The highest BCUT2D eigenvalue weighted by Gasteiger charge is 2.50. The van der Waals surface area contributed by atoms with Gasteiger partial charge in [0.2, 0.25) is 0 Å². The summed E-state index contributed by atoms with van der Waals surface area (Å²) in [5.74, 6) is 1.86. The molecule has 1 fully saturated rings. The van der Waals surface area contributed by atoms with Gasteiger partial charge in [-0.05, 0) is 86.7 Å². The third kappa shape index (κ3) is 4.11. The van der Waals surface area contributed by atoms with Gasteiger partial charge in [0.15, 0.2) is 0 Å². The fourth-order valence-corrected chi connectivity index (χ4v) is 5.80. The van der Waals surface area contributed by atoms with E-state index in [1.165, 1.54) is 37.7 Å². The van der Waals surface area contributed by atoms with E-state index in [2.05, 4.69) is 40.3 Å². The van der Waals surface area contributed by atoms with Crippen LogP contribution in [0.4, 0.5) is 0 Å². The second-order valence-corrected chi connectivity index (χ2v) is 9.85. The Morgan fingerprint density at radius 3 is 2.85 bits per heavy atom. The van der Waals surface area contributed by atoms with Crippen LogP contribution in [0.5, 0.6) is 0 Å². The molecule has 2 heteroatoms. The number of allylic oxidation sites excluding steroid dienone is 3. The van der Waals surface area contributed by atoms with Crippen molar-refractivity contribution in [2.75, 3.05) is 0 Å². The molecule has 0 radical (unpaired) electrons. The van der Waals surface area contributed by atoms with E-state index in [9.17, 15) is 5.11 Å². The zero-order valence-electron chi connectivity index (χ0n) is 17.8. The van der Waals surface area contributed by atoms with E-state index in [-0.39, 0.29) is 5.41 Å². The van der Waals surface area contributed by atoms with Gasteiger partial charge in [0.25, 0.3) is 0 Å². The molecule has 3 rings (SSSR count). The molecule has 1 heterocycles. The Balaban J connectivity index is 1.81. The molecule has 5 atom stereocenters. The lowest BCUT2D eigenvalue weighted by Gasteiger charge is -2.54. The molecule has 27 heavy (non-hydrogen) atoms. The first kappa shape index (κ1) is 20.5. The molecule has 0 aromatic carbocycles. The number of rotatable bonds is 7. The van der Waals surface area contributed by atoms with Crippen molar-refractivity contribution in [1.29, 1.82) is 0 Å². The summed E-state index contributed by atoms with van der Waals surface area (Å²) in [5, 5.41) is 10.8. The van der Waals surface area contributed by atoms with E-state index in [1.807, 2.05) is 12.1 Å². The van der Waals surface area contributed by atoms with Gasteiger partial charge in [0.1, 0.15) is 11.9 Å². The van der Waals surface area contributed by atoms with Crippen molar-refractivity contribution >= 4 is 0 Å². The molecule has 1 aromatic rings. The van der Waals surface area contributed by atoms with Crippen molar-refractivity contribution < 1.29 is 9.52 Å². The zero-order chi connectivity index (χ0) is 19.7. The molecule has 2 aliphatic carbocycles. The summed E-state index contributed by atoms with van der Waals surface area (Å²) in [7, 11) is 0. The van der Waals surface area contributed by atoms with Crippen LogP contribution in [0.25, 0.3) is 0 Å². The Bertz CT molecular complexity index is 671. The maximum absolute atomic E-state index is 10.8. The number of furan rings is 1. The van der Waals surface area contributed by atoms with E-state index in [0.29, 0.717) is 23.0 Å². The zero-order valence-corrected chi connectivity index (χ0v) is 17.8. The highest BCUT2D eigenvalue weighted by atomic mass is 16.4. The molecule has 2 nitrogen and oxygen atoms in total. The highest BCUT2D eigenvalue weighted by molar-refractivity contribution is 5.26. The van der Waals surface area contributed by atoms with Gasteiger partial charge in [0.05, 0.1) is 6.26 Å². The largest absolute Gasteiger partial charge is 0.467 e. The lowest BCUT2D eigenvalue weighted by Crippen LogP contribution is -2.45. The molecule has 1 aromatic heterocycles. The van der Waals surface area contributed by atoms with Gasteiger partial charge in [-0.3, -0.25) is 0 Å². The van der Waals surface area contributed by atoms with Gasteiger partial charge in [-0.15, -0.1) is 6.58 Å². The number of fused-ring (bicyclic) bond motifs is 1. The van der Waals surface area contributed by atoms with E-state index in [4.69, 9.17) is 4.42 Å². The van der Waals surface area contributed by atoms with Crippen molar-refractivity contribution in [2.45, 2.75) is 85.2 Å². The molecular weight excluding hydrogens is 332 g/mol. The van der Waals surface area contributed by atoms with Crippen molar-refractivity contribution in [3.8, 4) is 0 Å². The summed E-state index contributed by atoms with van der Waals surface area (Å²) in [5.41, 5.74) is 3.41. The first-order valence-corrected chi connectivity index (χ1v) is 10.8. The molecule has 0 bridgehead atoms. The first-order valence-electron chi connectivity index (χ1n) is 10.8. The molecule has 0 aliphatic heterocycles. The van der Waals surface area contributed by atoms with E-state index in [1.54, 1.807) is 11.8 Å². The number of aliphatic hydroxyl groups is 1. The number of aliphatic hydroxyl groups excluding tert-OH is 1. The maximum Gasteiger partial charge on any atom is 0.132 e. The molecule has 0 unspecified atom stereocenters. The second kappa shape index (κ2) is 7.99. The van der Waals surface area contributed by atoms with Crippen molar-refractivity contribution in [1.82, 2.24) is 0 Å².